The first-order valence-electron chi connectivity index (χ1n) is 7.71. The maximum absolute atomic E-state index is 13.9. The Morgan fingerprint density at radius 2 is 2.00 bits per heavy atom. The van der Waals surface area contributed by atoms with Gasteiger partial charge in [-0.1, -0.05) is 19.9 Å². The van der Waals surface area contributed by atoms with Crippen molar-refractivity contribution in [3.8, 4) is 0 Å². The first-order chi connectivity index (χ1) is 11.2. The Kier molecular flexibility index (Phi) is 3.78. The minimum absolute atomic E-state index is 0.0766. The molecule has 1 aliphatic heterocycles. The van der Waals surface area contributed by atoms with Gasteiger partial charge in [-0.2, -0.15) is 0 Å². The first-order valence-corrected chi connectivity index (χ1v) is 7.71. The highest BCUT2D eigenvalue weighted by atomic mass is 19.1. The average molecular weight is 331 g/mol. The topological polar surface area (TPSA) is 59.2 Å². The normalized spacial score (nSPS) is 15.5. The quantitative estimate of drug-likeness (QED) is 0.919. The molecule has 4 nitrogen and oxygen atoms in total. The maximum atomic E-state index is 13.9. The number of anilines is 2. The lowest BCUT2D eigenvalue weighted by Crippen LogP contribution is -2.32. The number of benzene rings is 1. The summed E-state index contributed by atoms with van der Waals surface area (Å²) < 4.78 is 27.0. The summed E-state index contributed by atoms with van der Waals surface area (Å²) >= 11 is 0. The van der Waals surface area contributed by atoms with Crippen LogP contribution in [-0.4, -0.2) is 17.4 Å². The lowest BCUT2D eigenvalue weighted by molar-refractivity contribution is -0.116. The Morgan fingerprint density at radius 1 is 1.29 bits per heavy atom. The lowest BCUT2D eigenvalue weighted by atomic mass is 9.90. The van der Waals surface area contributed by atoms with Crippen LogP contribution in [0.5, 0.6) is 0 Å². The highest BCUT2D eigenvalue weighted by molar-refractivity contribution is 5.94. The molecule has 126 valence electrons. The number of halogens is 2. The van der Waals surface area contributed by atoms with E-state index in [0.29, 0.717) is 29.2 Å². The van der Waals surface area contributed by atoms with Crippen LogP contribution in [0.25, 0.3) is 0 Å². The Balaban J connectivity index is 2.05. The molecule has 0 spiro atoms. The molecule has 1 aromatic carbocycles. The number of rotatable bonds is 2. The molecule has 2 N–H and O–H groups in total. The van der Waals surface area contributed by atoms with Crippen molar-refractivity contribution in [2.45, 2.75) is 32.6 Å². The van der Waals surface area contributed by atoms with Gasteiger partial charge in [0.1, 0.15) is 17.5 Å². The molecule has 1 aromatic heterocycles. The number of nitrogens with two attached hydrogens (primary N) is 1. The van der Waals surface area contributed by atoms with Crippen molar-refractivity contribution < 1.29 is 13.6 Å². The summed E-state index contributed by atoms with van der Waals surface area (Å²) in [5, 5.41) is 0. The van der Waals surface area contributed by atoms with Gasteiger partial charge in [-0.3, -0.25) is 4.79 Å². The Labute approximate surface area is 139 Å². The van der Waals surface area contributed by atoms with Gasteiger partial charge in [-0.05, 0) is 17.7 Å². The van der Waals surface area contributed by atoms with E-state index in [1.165, 1.54) is 19.1 Å². The second kappa shape index (κ2) is 5.54. The SMILES string of the molecule is CC(=O)N1CC(C)(C)c2nc(N)c(Cc3ccc(F)cc3F)cc21. The highest BCUT2D eigenvalue weighted by Crippen LogP contribution is 2.41. The Morgan fingerprint density at radius 3 is 2.62 bits per heavy atom. The number of carbonyl (C=O) groups excluding carboxylic acids is 1. The third-order valence-corrected chi connectivity index (χ3v) is 4.38. The molecule has 1 amide bonds. The molecule has 6 heteroatoms. The minimum atomic E-state index is -0.626. The van der Waals surface area contributed by atoms with E-state index in [0.717, 1.165) is 11.8 Å². The standard InChI is InChI=1S/C18H19F2N3O/c1-10(24)23-9-18(2,3)16-15(23)7-12(17(21)22-16)6-11-4-5-13(19)8-14(11)20/h4-5,7-8H,6,9H2,1-3H3,(H2,21,22). The summed E-state index contributed by atoms with van der Waals surface area (Å²) in [5.74, 6) is -1.03. The molecule has 1 aliphatic rings. The number of nitrogens with zero attached hydrogens (tertiary/aromatic N) is 2. The molecule has 0 atom stereocenters. The van der Waals surface area contributed by atoms with Gasteiger partial charge < -0.3 is 10.6 Å². The van der Waals surface area contributed by atoms with Gasteiger partial charge in [0.15, 0.2) is 0 Å². The third kappa shape index (κ3) is 2.72. The maximum Gasteiger partial charge on any atom is 0.223 e. The molecule has 0 unspecified atom stereocenters. The van der Waals surface area contributed by atoms with Crippen molar-refractivity contribution >= 4 is 17.4 Å². The van der Waals surface area contributed by atoms with Crippen LogP contribution in [0.2, 0.25) is 0 Å². The van der Waals surface area contributed by atoms with E-state index in [2.05, 4.69) is 4.98 Å². The van der Waals surface area contributed by atoms with Gasteiger partial charge >= 0.3 is 0 Å². The number of carbonyl (C=O) groups is 1. The van der Waals surface area contributed by atoms with Crippen LogP contribution in [0.4, 0.5) is 20.3 Å². The second-order valence-corrected chi connectivity index (χ2v) is 6.80. The number of aromatic nitrogens is 1. The zero-order valence-electron chi connectivity index (χ0n) is 13.9. The monoisotopic (exact) mass is 331 g/mol. The molecule has 3 rings (SSSR count). The Bertz CT molecular complexity index is 833. The zero-order valence-corrected chi connectivity index (χ0v) is 13.9. The third-order valence-electron chi connectivity index (χ3n) is 4.38. The zero-order chi connectivity index (χ0) is 17.6. The van der Waals surface area contributed by atoms with Crippen LogP contribution in [0, 0.1) is 11.6 Å². The molecule has 2 aromatic rings. The van der Waals surface area contributed by atoms with Gasteiger partial charge in [0.2, 0.25) is 5.91 Å². The van der Waals surface area contributed by atoms with Gasteiger partial charge in [0.25, 0.3) is 0 Å². The van der Waals surface area contributed by atoms with E-state index < -0.39 is 11.6 Å². The molecular weight excluding hydrogens is 312 g/mol. The number of pyridine rings is 1. The minimum Gasteiger partial charge on any atom is -0.383 e. The summed E-state index contributed by atoms with van der Waals surface area (Å²) in [4.78, 5) is 18.0. The van der Waals surface area contributed by atoms with Gasteiger partial charge in [-0.15, -0.1) is 0 Å². The van der Waals surface area contributed by atoms with E-state index in [1.54, 1.807) is 11.0 Å². The average Bonchev–Trinajstić information content (AvgIpc) is 2.74. The van der Waals surface area contributed by atoms with E-state index in [4.69, 9.17) is 5.73 Å². The highest BCUT2D eigenvalue weighted by Gasteiger charge is 2.39. The van der Waals surface area contributed by atoms with Crippen LogP contribution in [0.3, 0.4) is 0 Å². The van der Waals surface area contributed by atoms with E-state index >= 15 is 0 Å². The first kappa shape index (κ1) is 16.4. The summed E-state index contributed by atoms with van der Waals surface area (Å²) in [6.45, 7) is 6.03. The van der Waals surface area contributed by atoms with Crippen molar-refractivity contribution in [1.82, 2.24) is 4.98 Å². The molecule has 0 bridgehead atoms. The smallest absolute Gasteiger partial charge is 0.223 e. The Hall–Kier alpha value is -2.50. The van der Waals surface area contributed by atoms with Crippen LogP contribution in [-0.2, 0) is 16.6 Å². The molecule has 0 radical (unpaired) electrons. The van der Waals surface area contributed by atoms with Crippen molar-refractivity contribution in [3.63, 3.8) is 0 Å². The number of nitrogen functional groups attached to an aromatic ring is 1. The van der Waals surface area contributed by atoms with Crippen LogP contribution < -0.4 is 10.6 Å². The van der Waals surface area contributed by atoms with Gasteiger partial charge in [0.05, 0.1) is 11.4 Å². The lowest BCUT2D eigenvalue weighted by Gasteiger charge is -2.18. The number of hydrogen-bond acceptors (Lipinski definition) is 3. The number of amides is 1. The molecule has 2 heterocycles. The van der Waals surface area contributed by atoms with Crippen LogP contribution >= 0.6 is 0 Å². The van der Waals surface area contributed by atoms with Crippen LogP contribution in [0.15, 0.2) is 24.3 Å². The van der Waals surface area contributed by atoms with Crippen molar-refractivity contribution in [1.29, 1.82) is 0 Å². The fourth-order valence-corrected chi connectivity index (χ4v) is 3.11. The molecule has 0 aliphatic carbocycles. The predicted octanol–water partition coefficient (Wildman–Crippen LogP) is 3.18. The second-order valence-electron chi connectivity index (χ2n) is 6.80. The van der Waals surface area contributed by atoms with Crippen molar-refractivity contribution in [3.05, 3.63) is 52.7 Å². The predicted molar refractivity (Wildman–Crippen MR) is 88.9 cm³/mol. The molecule has 24 heavy (non-hydrogen) atoms. The summed E-state index contributed by atoms with van der Waals surface area (Å²) in [5.41, 5.74) is 8.17. The van der Waals surface area contributed by atoms with E-state index in [9.17, 15) is 13.6 Å². The van der Waals surface area contributed by atoms with Crippen LogP contribution in [0.1, 0.15) is 37.6 Å². The molecule has 0 saturated carbocycles. The van der Waals surface area contributed by atoms with Gasteiger partial charge in [-0.25, -0.2) is 13.8 Å². The van der Waals surface area contributed by atoms with Crippen molar-refractivity contribution in [2.75, 3.05) is 17.2 Å². The van der Waals surface area contributed by atoms with E-state index in [-0.39, 0.29) is 17.7 Å². The summed E-state index contributed by atoms with van der Waals surface area (Å²) in [6.07, 6.45) is 0.185. The number of hydrogen-bond donors (Lipinski definition) is 1. The largest absolute Gasteiger partial charge is 0.383 e. The van der Waals surface area contributed by atoms with E-state index in [1.807, 2.05) is 13.8 Å². The van der Waals surface area contributed by atoms with Crippen molar-refractivity contribution in [2.24, 2.45) is 0 Å². The van der Waals surface area contributed by atoms with Gasteiger partial charge in [0, 0.05) is 36.9 Å². The summed E-state index contributed by atoms with van der Waals surface area (Å²) in [6, 6.07) is 5.23. The number of fused-ring (bicyclic) bond motifs is 1. The molecule has 0 saturated heterocycles. The molecule has 0 fully saturated rings. The molecular formula is C18H19F2N3O. The fraction of sp³-hybridized carbons (Fsp3) is 0.333. The fourth-order valence-electron chi connectivity index (χ4n) is 3.11. The summed E-state index contributed by atoms with van der Waals surface area (Å²) in [7, 11) is 0.